The first-order valence-electron chi connectivity index (χ1n) is 6.16. The van der Waals surface area contributed by atoms with Crippen LogP contribution < -0.4 is 0 Å². The summed E-state index contributed by atoms with van der Waals surface area (Å²) in [6.07, 6.45) is 2.51. The van der Waals surface area contributed by atoms with E-state index in [1.165, 1.54) is 0 Å². The first-order valence-corrected chi connectivity index (χ1v) is 6.54. The van der Waals surface area contributed by atoms with Crippen molar-refractivity contribution in [1.29, 1.82) is 0 Å². The lowest BCUT2D eigenvalue weighted by Gasteiger charge is -2.11. The maximum atomic E-state index is 9.86. The molecule has 2 rings (SSSR count). The molecule has 0 aromatic carbocycles. The lowest BCUT2D eigenvalue weighted by Crippen LogP contribution is -2.15. The smallest absolute Gasteiger partial charge is 0.114 e. The van der Waals surface area contributed by atoms with Crippen LogP contribution in [0.4, 0.5) is 0 Å². The molecule has 0 atom stereocenters. The van der Waals surface area contributed by atoms with E-state index in [9.17, 15) is 5.11 Å². The molecule has 0 bridgehead atoms. The van der Waals surface area contributed by atoms with Gasteiger partial charge in [-0.05, 0) is 20.3 Å². The van der Waals surface area contributed by atoms with E-state index in [0.29, 0.717) is 17.3 Å². The Hall–Kier alpha value is -1.40. The Bertz CT molecular complexity index is 581. The standard InChI is InChI=1S/C12H18ClN5O/c1-5-8-11(13)9(17(4)15-8)6-18-7-10(14-16-18)12(2,3)19/h7,19H,5-6H2,1-4H3. The highest BCUT2D eigenvalue weighted by atomic mass is 35.5. The number of aromatic nitrogens is 5. The number of halogens is 1. The number of hydrogen-bond acceptors (Lipinski definition) is 4. The van der Waals surface area contributed by atoms with Crippen molar-refractivity contribution in [3.63, 3.8) is 0 Å². The summed E-state index contributed by atoms with van der Waals surface area (Å²) in [5.74, 6) is 0. The molecule has 2 aromatic heterocycles. The van der Waals surface area contributed by atoms with E-state index < -0.39 is 5.60 Å². The molecule has 6 nitrogen and oxygen atoms in total. The average Bonchev–Trinajstić information content (AvgIpc) is 2.88. The summed E-state index contributed by atoms with van der Waals surface area (Å²) in [7, 11) is 1.86. The van der Waals surface area contributed by atoms with Crippen LogP contribution in [-0.2, 0) is 25.6 Å². The summed E-state index contributed by atoms with van der Waals surface area (Å²) in [4.78, 5) is 0. The zero-order valence-electron chi connectivity index (χ0n) is 11.6. The molecule has 2 aromatic rings. The van der Waals surface area contributed by atoms with Crippen LogP contribution in [0.25, 0.3) is 0 Å². The van der Waals surface area contributed by atoms with Gasteiger partial charge in [-0.2, -0.15) is 5.10 Å². The second-order valence-electron chi connectivity index (χ2n) is 5.04. The highest BCUT2D eigenvalue weighted by molar-refractivity contribution is 6.31. The fourth-order valence-corrected chi connectivity index (χ4v) is 2.15. The summed E-state index contributed by atoms with van der Waals surface area (Å²) in [6.45, 7) is 5.84. The minimum atomic E-state index is -0.997. The van der Waals surface area contributed by atoms with Crippen LogP contribution in [0.15, 0.2) is 6.20 Å². The van der Waals surface area contributed by atoms with Crippen molar-refractivity contribution in [2.45, 2.75) is 39.3 Å². The summed E-state index contributed by atoms with van der Waals surface area (Å²) in [5, 5.41) is 22.8. The largest absolute Gasteiger partial charge is 0.384 e. The van der Waals surface area contributed by atoms with Crippen LogP contribution in [0.2, 0.25) is 5.02 Å². The maximum Gasteiger partial charge on any atom is 0.114 e. The van der Waals surface area contributed by atoms with Crippen LogP contribution in [-0.4, -0.2) is 29.9 Å². The van der Waals surface area contributed by atoms with Gasteiger partial charge in [0.2, 0.25) is 0 Å². The van der Waals surface area contributed by atoms with E-state index in [2.05, 4.69) is 15.4 Å². The van der Waals surface area contributed by atoms with Crippen LogP contribution in [0.5, 0.6) is 0 Å². The van der Waals surface area contributed by atoms with Gasteiger partial charge in [0.25, 0.3) is 0 Å². The topological polar surface area (TPSA) is 68.8 Å². The third-order valence-electron chi connectivity index (χ3n) is 2.98. The number of aliphatic hydroxyl groups is 1. The van der Waals surface area contributed by atoms with Gasteiger partial charge in [0, 0.05) is 7.05 Å². The SMILES string of the molecule is CCc1nn(C)c(Cn2cc(C(C)(C)O)nn2)c1Cl. The number of nitrogens with zero attached hydrogens (tertiary/aromatic N) is 5. The molecule has 0 saturated carbocycles. The van der Waals surface area contributed by atoms with Gasteiger partial charge in [-0.15, -0.1) is 5.10 Å². The lowest BCUT2D eigenvalue weighted by molar-refractivity contribution is 0.0737. The minimum Gasteiger partial charge on any atom is -0.384 e. The average molecular weight is 284 g/mol. The number of aryl methyl sites for hydroxylation is 2. The van der Waals surface area contributed by atoms with E-state index in [4.69, 9.17) is 11.6 Å². The molecule has 0 radical (unpaired) electrons. The molecule has 0 spiro atoms. The maximum absolute atomic E-state index is 9.86. The summed E-state index contributed by atoms with van der Waals surface area (Å²) >= 11 is 6.28. The third-order valence-corrected chi connectivity index (χ3v) is 3.42. The number of rotatable bonds is 4. The Labute approximate surface area is 117 Å². The van der Waals surface area contributed by atoms with Gasteiger partial charge < -0.3 is 5.11 Å². The molecule has 7 heteroatoms. The predicted octanol–water partition coefficient (Wildman–Crippen LogP) is 1.50. The van der Waals surface area contributed by atoms with E-state index in [-0.39, 0.29) is 0 Å². The molecular weight excluding hydrogens is 266 g/mol. The Morgan fingerprint density at radius 1 is 1.42 bits per heavy atom. The van der Waals surface area contributed by atoms with Crippen molar-refractivity contribution in [2.24, 2.45) is 7.05 Å². The first kappa shape index (κ1) is 14.0. The van der Waals surface area contributed by atoms with Crippen molar-refractivity contribution in [2.75, 3.05) is 0 Å². The Morgan fingerprint density at radius 2 is 2.11 bits per heavy atom. The zero-order chi connectivity index (χ0) is 14.2. The molecule has 19 heavy (non-hydrogen) atoms. The monoisotopic (exact) mass is 283 g/mol. The van der Waals surface area contributed by atoms with Crippen LogP contribution in [0.3, 0.4) is 0 Å². The fourth-order valence-electron chi connectivity index (χ4n) is 1.80. The predicted molar refractivity (Wildman–Crippen MR) is 72.0 cm³/mol. The van der Waals surface area contributed by atoms with Gasteiger partial charge in [0.15, 0.2) is 0 Å². The Kier molecular flexibility index (Phi) is 3.64. The van der Waals surface area contributed by atoms with Crippen molar-refractivity contribution < 1.29 is 5.11 Å². The van der Waals surface area contributed by atoms with Gasteiger partial charge in [-0.3, -0.25) is 4.68 Å². The summed E-state index contributed by atoms with van der Waals surface area (Å²) in [5.41, 5.74) is 1.29. The molecule has 1 N–H and O–H groups in total. The van der Waals surface area contributed by atoms with Gasteiger partial charge >= 0.3 is 0 Å². The first-order chi connectivity index (χ1) is 8.82. The molecule has 0 saturated heterocycles. The molecule has 0 fully saturated rings. The van der Waals surface area contributed by atoms with Crippen LogP contribution in [0, 0.1) is 0 Å². The molecule has 0 unspecified atom stereocenters. The Balaban J connectivity index is 2.27. The highest BCUT2D eigenvalue weighted by Gasteiger charge is 2.21. The normalized spacial score (nSPS) is 12.1. The van der Waals surface area contributed by atoms with Crippen molar-refractivity contribution in [3.05, 3.63) is 28.3 Å². The highest BCUT2D eigenvalue weighted by Crippen LogP contribution is 2.22. The van der Waals surface area contributed by atoms with Crippen molar-refractivity contribution >= 4 is 11.6 Å². The van der Waals surface area contributed by atoms with Gasteiger partial charge in [0.1, 0.15) is 11.3 Å². The molecule has 0 aliphatic heterocycles. The fraction of sp³-hybridized carbons (Fsp3) is 0.583. The second-order valence-corrected chi connectivity index (χ2v) is 5.42. The van der Waals surface area contributed by atoms with Gasteiger partial charge in [0.05, 0.1) is 29.2 Å². The molecule has 0 aliphatic rings. The van der Waals surface area contributed by atoms with Crippen LogP contribution >= 0.6 is 11.6 Å². The van der Waals surface area contributed by atoms with Crippen molar-refractivity contribution in [1.82, 2.24) is 24.8 Å². The number of hydrogen-bond donors (Lipinski definition) is 1. The van der Waals surface area contributed by atoms with E-state index in [1.54, 1.807) is 29.4 Å². The summed E-state index contributed by atoms with van der Waals surface area (Å²) < 4.78 is 3.41. The lowest BCUT2D eigenvalue weighted by atomic mass is 10.1. The third kappa shape index (κ3) is 2.79. The molecule has 104 valence electrons. The molecule has 0 aliphatic carbocycles. The molecule has 2 heterocycles. The second kappa shape index (κ2) is 4.94. The van der Waals surface area contributed by atoms with E-state index in [0.717, 1.165) is 17.8 Å². The van der Waals surface area contributed by atoms with Crippen LogP contribution in [0.1, 0.15) is 37.9 Å². The van der Waals surface area contributed by atoms with E-state index >= 15 is 0 Å². The molecule has 0 amide bonds. The summed E-state index contributed by atoms with van der Waals surface area (Å²) in [6, 6.07) is 0. The molecular formula is C12H18ClN5O. The quantitative estimate of drug-likeness (QED) is 0.923. The Morgan fingerprint density at radius 3 is 2.58 bits per heavy atom. The zero-order valence-corrected chi connectivity index (χ0v) is 12.3. The van der Waals surface area contributed by atoms with E-state index in [1.807, 2.05) is 14.0 Å². The van der Waals surface area contributed by atoms with Crippen molar-refractivity contribution in [3.8, 4) is 0 Å². The van der Waals surface area contributed by atoms with Gasteiger partial charge in [-0.1, -0.05) is 23.7 Å². The van der Waals surface area contributed by atoms with Gasteiger partial charge in [-0.25, -0.2) is 4.68 Å². The minimum absolute atomic E-state index is 0.478.